The second-order valence-corrected chi connectivity index (χ2v) is 12.8. The lowest BCUT2D eigenvalue weighted by Gasteiger charge is -2.34. The summed E-state index contributed by atoms with van der Waals surface area (Å²) in [4.78, 5) is 30.6. The van der Waals surface area contributed by atoms with Gasteiger partial charge in [0.1, 0.15) is 6.04 Å². The number of aliphatic hydroxyl groups excluding tert-OH is 1. The number of urea groups is 1. The summed E-state index contributed by atoms with van der Waals surface area (Å²) in [6, 6.07) is 12.0. The molecule has 1 aliphatic rings. The van der Waals surface area contributed by atoms with Crippen molar-refractivity contribution in [2.24, 2.45) is 11.1 Å². The highest BCUT2D eigenvalue weighted by atomic mass is 127. The Labute approximate surface area is 263 Å². The summed E-state index contributed by atoms with van der Waals surface area (Å²) in [5.74, 6) is -0.363. The highest BCUT2D eigenvalue weighted by Gasteiger charge is 2.34. The van der Waals surface area contributed by atoms with Crippen LogP contribution in [0.15, 0.2) is 72.5 Å². The number of hydrazine groups is 1. The molecular weight excluding hydrogens is 643 g/mol. The first-order valence-corrected chi connectivity index (χ1v) is 16.0. The largest absolute Gasteiger partial charge is 0.390 e. The Balaban J connectivity index is 1.75. The Bertz CT molecular complexity index is 1200. The van der Waals surface area contributed by atoms with Crippen molar-refractivity contribution in [3.8, 4) is 11.3 Å². The van der Waals surface area contributed by atoms with E-state index in [1.807, 2.05) is 69.3 Å². The number of aromatic nitrogens is 1. The number of aliphatic hydroxyl groups is 1. The monoisotopic (exact) mass is 688 g/mol. The summed E-state index contributed by atoms with van der Waals surface area (Å²) in [7, 11) is 0. The number of rotatable bonds is 14. The van der Waals surface area contributed by atoms with E-state index in [1.54, 1.807) is 11.2 Å². The second kappa shape index (κ2) is 16.7. The fourth-order valence-electron chi connectivity index (χ4n) is 4.65. The lowest BCUT2D eigenvalue weighted by Crippen LogP contribution is -2.59. The Morgan fingerprint density at radius 3 is 2.55 bits per heavy atom. The number of carbonyl (C=O) groups is 2. The Kier molecular flexibility index (Phi) is 13.4. The minimum Gasteiger partial charge on any atom is -0.390 e. The fourth-order valence-corrected chi connectivity index (χ4v) is 5.04. The molecule has 3 unspecified atom stereocenters. The molecule has 1 aliphatic carbocycles. The van der Waals surface area contributed by atoms with Crippen LogP contribution in [0.3, 0.4) is 0 Å². The number of nitrogens with zero attached hydrogens (tertiary/aromatic N) is 2. The van der Waals surface area contributed by atoms with Gasteiger partial charge in [-0.2, -0.15) is 0 Å². The first-order chi connectivity index (χ1) is 20.1. The molecule has 228 valence electrons. The third-order valence-electron chi connectivity index (χ3n) is 7.06. The molecule has 0 aliphatic heterocycles. The van der Waals surface area contributed by atoms with Gasteiger partial charge in [-0.25, -0.2) is 9.80 Å². The Morgan fingerprint density at radius 2 is 1.93 bits per heavy atom. The number of alkyl halides is 1. The molecule has 3 amide bonds. The van der Waals surface area contributed by atoms with Gasteiger partial charge in [-0.3, -0.25) is 15.2 Å². The van der Waals surface area contributed by atoms with Crippen LogP contribution < -0.4 is 21.8 Å². The van der Waals surface area contributed by atoms with Gasteiger partial charge in [-0.05, 0) is 48.8 Å². The molecule has 1 aromatic heterocycles. The topological polar surface area (TPSA) is 133 Å². The first-order valence-electron chi connectivity index (χ1n) is 14.5. The number of amides is 3. The normalized spacial score (nSPS) is 15.5. The molecule has 0 saturated heterocycles. The van der Waals surface area contributed by atoms with Crippen LogP contribution in [-0.4, -0.2) is 62.7 Å². The number of hydrogen-bond acceptors (Lipinski definition) is 6. The number of nitrogens with two attached hydrogens (primary N) is 1. The maximum Gasteiger partial charge on any atom is 0.315 e. The van der Waals surface area contributed by atoms with Crippen molar-refractivity contribution in [3.05, 3.63) is 78.0 Å². The van der Waals surface area contributed by atoms with Crippen LogP contribution in [0.1, 0.15) is 52.0 Å². The Hall–Kier alpha value is -2.80. The predicted octanol–water partition coefficient (Wildman–Crippen LogP) is 4.48. The van der Waals surface area contributed by atoms with Crippen LogP contribution in [0.2, 0.25) is 0 Å². The van der Waals surface area contributed by atoms with Gasteiger partial charge in [-0.1, -0.05) is 97.5 Å². The number of nitrogens with one attached hydrogen (secondary N) is 3. The molecule has 0 spiro atoms. The van der Waals surface area contributed by atoms with Gasteiger partial charge in [0.05, 0.1) is 11.8 Å². The van der Waals surface area contributed by atoms with E-state index in [4.69, 9.17) is 5.73 Å². The predicted molar refractivity (Wildman–Crippen MR) is 177 cm³/mol. The molecule has 3 atom stereocenters. The van der Waals surface area contributed by atoms with Crippen LogP contribution >= 0.6 is 22.6 Å². The summed E-state index contributed by atoms with van der Waals surface area (Å²) in [6.45, 7) is 6.70. The molecule has 9 nitrogen and oxygen atoms in total. The number of carbonyl (C=O) groups excluding carboxylic acids is 2. The van der Waals surface area contributed by atoms with E-state index in [0.29, 0.717) is 19.5 Å². The van der Waals surface area contributed by atoms with E-state index < -0.39 is 23.6 Å². The van der Waals surface area contributed by atoms with Crippen molar-refractivity contribution >= 4 is 34.5 Å². The van der Waals surface area contributed by atoms with E-state index in [0.717, 1.165) is 40.5 Å². The number of pyridine rings is 1. The van der Waals surface area contributed by atoms with Gasteiger partial charge in [0, 0.05) is 41.9 Å². The average molecular weight is 689 g/mol. The van der Waals surface area contributed by atoms with Gasteiger partial charge in [0.2, 0.25) is 0 Å². The molecule has 2 aromatic rings. The number of hydrogen-bond donors (Lipinski definition) is 5. The zero-order valence-corrected chi connectivity index (χ0v) is 27.0. The minimum absolute atomic E-state index is 0.122. The quantitative estimate of drug-likeness (QED) is 0.0862. The highest BCUT2D eigenvalue weighted by Crippen LogP contribution is 2.22. The molecule has 1 heterocycles. The number of benzene rings is 1. The van der Waals surface area contributed by atoms with Crippen LogP contribution in [0.4, 0.5) is 4.79 Å². The molecule has 0 saturated carbocycles. The maximum absolute atomic E-state index is 13.6. The van der Waals surface area contributed by atoms with Gasteiger partial charge in [0.25, 0.3) is 5.91 Å². The Morgan fingerprint density at radius 1 is 1.17 bits per heavy atom. The van der Waals surface area contributed by atoms with E-state index in [-0.39, 0.29) is 18.5 Å². The van der Waals surface area contributed by atoms with Crippen molar-refractivity contribution < 1.29 is 14.7 Å². The maximum atomic E-state index is 13.6. The van der Waals surface area contributed by atoms with Gasteiger partial charge >= 0.3 is 6.03 Å². The molecular formula is C32H45IN6O3. The van der Waals surface area contributed by atoms with E-state index in [2.05, 4.69) is 55.8 Å². The SMILES string of the molecule is CC(C)(C)C(NC(=O)NCCCI)C(=O)NN(Cc1ccc(-c2ccccn2)cc1)CC(O)C(N)CC1=CC=CCC1. The summed E-state index contributed by atoms with van der Waals surface area (Å²) >= 11 is 2.26. The molecule has 6 N–H and O–H groups in total. The summed E-state index contributed by atoms with van der Waals surface area (Å²) in [5.41, 5.74) is 12.8. The van der Waals surface area contributed by atoms with E-state index in [1.165, 1.54) is 5.57 Å². The third-order valence-corrected chi connectivity index (χ3v) is 7.82. The van der Waals surface area contributed by atoms with Crippen molar-refractivity contribution in [2.45, 2.75) is 71.2 Å². The molecule has 42 heavy (non-hydrogen) atoms. The fraction of sp³-hybridized carbons (Fsp3) is 0.469. The minimum atomic E-state index is -0.887. The van der Waals surface area contributed by atoms with Crippen molar-refractivity contribution in [1.82, 2.24) is 26.1 Å². The molecule has 0 fully saturated rings. The third kappa shape index (κ3) is 11.1. The average Bonchev–Trinajstić information content (AvgIpc) is 2.96. The van der Waals surface area contributed by atoms with Crippen LogP contribution in [0, 0.1) is 5.41 Å². The van der Waals surface area contributed by atoms with Gasteiger partial charge in [0.15, 0.2) is 0 Å². The highest BCUT2D eigenvalue weighted by molar-refractivity contribution is 14.1. The molecule has 0 bridgehead atoms. The van der Waals surface area contributed by atoms with Crippen LogP contribution in [0.25, 0.3) is 11.3 Å². The lowest BCUT2D eigenvalue weighted by molar-refractivity contribution is -0.131. The molecule has 3 rings (SSSR count). The summed E-state index contributed by atoms with van der Waals surface area (Å²) < 4.78 is 0.928. The van der Waals surface area contributed by atoms with E-state index >= 15 is 0 Å². The number of allylic oxidation sites excluding steroid dienone is 3. The van der Waals surface area contributed by atoms with Crippen molar-refractivity contribution in [2.75, 3.05) is 17.5 Å². The summed E-state index contributed by atoms with van der Waals surface area (Å²) in [5, 5.41) is 18.5. The number of halogens is 1. The first kappa shape index (κ1) is 33.7. The zero-order valence-electron chi connectivity index (χ0n) is 24.9. The molecule has 10 heteroatoms. The summed E-state index contributed by atoms with van der Waals surface area (Å²) in [6.07, 6.45) is 10.4. The van der Waals surface area contributed by atoms with Crippen LogP contribution in [-0.2, 0) is 11.3 Å². The second-order valence-electron chi connectivity index (χ2n) is 11.7. The van der Waals surface area contributed by atoms with Crippen molar-refractivity contribution in [3.63, 3.8) is 0 Å². The zero-order chi connectivity index (χ0) is 30.5. The smallest absolute Gasteiger partial charge is 0.315 e. The van der Waals surface area contributed by atoms with E-state index in [9.17, 15) is 14.7 Å². The lowest BCUT2D eigenvalue weighted by atomic mass is 9.86. The van der Waals surface area contributed by atoms with Gasteiger partial charge < -0.3 is 21.5 Å². The standard InChI is InChI=1S/C32H45IN6O3/c1-32(2,3)29(37-31(42)36-19-9-17-33)30(41)38-39(22-28(40)26(34)20-23-10-5-4-6-11-23)21-24-13-15-25(16-14-24)27-12-7-8-18-35-27/h4-5,7-8,10,12-16,18,26,28-29,40H,6,9,11,17,19-22,34H2,1-3H3,(H,38,41)(H2,36,37,42). The molecule has 1 aromatic carbocycles. The van der Waals surface area contributed by atoms with Crippen LogP contribution in [0.5, 0.6) is 0 Å². The van der Waals surface area contributed by atoms with Gasteiger partial charge in [-0.15, -0.1) is 0 Å². The molecule has 0 radical (unpaired) electrons. The van der Waals surface area contributed by atoms with Crippen molar-refractivity contribution in [1.29, 1.82) is 0 Å².